The first-order chi connectivity index (χ1) is 5.97. The van der Waals surface area contributed by atoms with Crippen molar-refractivity contribution >= 4 is 11.7 Å². The van der Waals surface area contributed by atoms with Crippen LogP contribution >= 0.6 is 0 Å². The highest BCUT2D eigenvalue weighted by Crippen LogP contribution is 2.00. The standard InChI is InChI=1S/C9H17NO3/c1-6(2)8(5-11)10-9(13)4-7(3)12/h6,8,11H,4-5H2,1-3H3,(H,10,13). The Morgan fingerprint density at radius 1 is 1.38 bits per heavy atom. The summed E-state index contributed by atoms with van der Waals surface area (Å²) >= 11 is 0. The van der Waals surface area contributed by atoms with E-state index in [0.29, 0.717) is 0 Å². The van der Waals surface area contributed by atoms with Gasteiger partial charge >= 0.3 is 0 Å². The number of carbonyl (C=O) groups excluding carboxylic acids is 2. The number of hydrogen-bond acceptors (Lipinski definition) is 3. The predicted molar refractivity (Wildman–Crippen MR) is 49.2 cm³/mol. The molecule has 0 aromatic carbocycles. The summed E-state index contributed by atoms with van der Waals surface area (Å²) in [7, 11) is 0. The number of amides is 1. The van der Waals surface area contributed by atoms with Crippen molar-refractivity contribution in [3.05, 3.63) is 0 Å². The second-order valence-electron chi connectivity index (χ2n) is 3.48. The number of aliphatic hydroxyl groups excluding tert-OH is 1. The Morgan fingerprint density at radius 2 is 1.92 bits per heavy atom. The normalized spacial score (nSPS) is 12.7. The molecule has 0 aromatic rings. The molecular formula is C9H17NO3. The highest BCUT2D eigenvalue weighted by Gasteiger charge is 2.15. The van der Waals surface area contributed by atoms with E-state index in [1.807, 2.05) is 13.8 Å². The lowest BCUT2D eigenvalue weighted by Gasteiger charge is -2.19. The Balaban J connectivity index is 3.94. The molecule has 13 heavy (non-hydrogen) atoms. The fourth-order valence-electron chi connectivity index (χ4n) is 0.907. The zero-order chi connectivity index (χ0) is 10.4. The second-order valence-corrected chi connectivity index (χ2v) is 3.48. The van der Waals surface area contributed by atoms with E-state index < -0.39 is 0 Å². The number of aliphatic hydroxyl groups is 1. The summed E-state index contributed by atoms with van der Waals surface area (Å²) in [6, 6.07) is -0.258. The van der Waals surface area contributed by atoms with Crippen molar-refractivity contribution in [1.29, 1.82) is 0 Å². The van der Waals surface area contributed by atoms with Gasteiger partial charge in [-0.1, -0.05) is 13.8 Å². The average molecular weight is 187 g/mol. The van der Waals surface area contributed by atoms with Gasteiger partial charge in [-0.3, -0.25) is 9.59 Å². The van der Waals surface area contributed by atoms with Gasteiger partial charge in [0.1, 0.15) is 5.78 Å². The third-order valence-electron chi connectivity index (χ3n) is 1.76. The maximum Gasteiger partial charge on any atom is 0.227 e. The van der Waals surface area contributed by atoms with Crippen LogP contribution in [0.2, 0.25) is 0 Å². The topological polar surface area (TPSA) is 66.4 Å². The van der Waals surface area contributed by atoms with E-state index in [-0.39, 0.29) is 36.7 Å². The van der Waals surface area contributed by atoms with Crippen LogP contribution < -0.4 is 5.32 Å². The van der Waals surface area contributed by atoms with Crippen LogP contribution in [0.4, 0.5) is 0 Å². The number of rotatable bonds is 5. The molecule has 0 rings (SSSR count). The first-order valence-corrected chi connectivity index (χ1v) is 4.37. The molecule has 0 aromatic heterocycles. The number of nitrogens with one attached hydrogen (secondary N) is 1. The van der Waals surface area contributed by atoms with Crippen molar-refractivity contribution in [3.63, 3.8) is 0 Å². The van der Waals surface area contributed by atoms with Crippen molar-refractivity contribution in [3.8, 4) is 0 Å². The van der Waals surface area contributed by atoms with Gasteiger partial charge in [-0.05, 0) is 12.8 Å². The summed E-state index contributed by atoms with van der Waals surface area (Å²) in [5.74, 6) is -0.320. The quantitative estimate of drug-likeness (QED) is 0.600. The van der Waals surface area contributed by atoms with E-state index in [4.69, 9.17) is 5.11 Å². The molecule has 0 aliphatic carbocycles. The van der Waals surface area contributed by atoms with Crippen LogP contribution in [-0.4, -0.2) is 29.4 Å². The highest BCUT2D eigenvalue weighted by molar-refractivity contribution is 5.96. The summed E-state index contributed by atoms with van der Waals surface area (Å²) in [5, 5.41) is 11.5. The minimum atomic E-state index is -0.319. The van der Waals surface area contributed by atoms with E-state index >= 15 is 0 Å². The molecule has 0 radical (unpaired) electrons. The third-order valence-corrected chi connectivity index (χ3v) is 1.76. The van der Waals surface area contributed by atoms with Gasteiger partial charge in [0.2, 0.25) is 5.91 Å². The SMILES string of the molecule is CC(=O)CC(=O)NC(CO)C(C)C. The Labute approximate surface area is 78.3 Å². The molecule has 0 aliphatic heterocycles. The molecule has 4 heteroatoms. The number of Topliss-reactive ketones (excluding diaryl/α,β-unsaturated/α-hetero) is 1. The molecule has 76 valence electrons. The Morgan fingerprint density at radius 3 is 2.23 bits per heavy atom. The maximum atomic E-state index is 11.1. The van der Waals surface area contributed by atoms with E-state index in [2.05, 4.69) is 5.32 Å². The second kappa shape index (κ2) is 5.70. The van der Waals surface area contributed by atoms with Gasteiger partial charge in [-0.2, -0.15) is 0 Å². The summed E-state index contributed by atoms with van der Waals surface area (Å²) < 4.78 is 0. The van der Waals surface area contributed by atoms with Crippen molar-refractivity contribution in [2.45, 2.75) is 33.2 Å². The third kappa shape index (κ3) is 5.36. The Kier molecular flexibility index (Phi) is 5.30. The molecule has 1 amide bonds. The fourth-order valence-corrected chi connectivity index (χ4v) is 0.907. The minimum Gasteiger partial charge on any atom is -0.394 e. The molecule has 4 nitrogen and oxygen atoms in total. The summed E-state index contributed by atoms with van der Waals surface area (Å²) in [6.07, 6.45) is -0.108. The van der Waals surface area contributed by atoms with E-state index in [1.54, 1.807) is 0 Å². The molecule has 0 spiro atoms. The molecule has 0 heterocycles. The van der Waals surface area contributed by atoms with Gasteiger partial charge in [-0.25, -0.2) is 0 Å². The van der Waals surface area contributed by atoms with Gasteiger partial charge in [0, 0.05) is 0 Å². The highest BCUT2D eigenvalue weighted by atomic mass is 16.3. The van der Waals surface area contributed by atoms with Gasteiger partial charge < -0.3 is 10.4 Å². The van der Waals surface area contributed by atoms with Crippen LogP contribution in [0.5, 0.6) is 0 Å². The van der Waals surface area contributed by atoms with Crippen LogP contribution in [0.1, 0.15) is 27.2 Å². The molecule has 1 atom stereocenters. The zero-order valence-corrected chi connectivity index (χ0v) is 8.33. The molecule has 0 bridgehead atoms. The molecular weight excluding hydrogens is 170 g/mol. The monoisotopic (exact) mass is 187 g/mol. The first-order valence-electron chi connectivity index (χ1n) is 4.37. The molecule has 2 N–H and O–H groups in total. The van der Waals surface area contributed by atoms with Crippen molar-refractivity contribution in [2.75, 3.05) is 6.61 Å². The van der Waals surface area contributed by atoms with Crippen molar-refractivity contribution in [1.82, 2.24) is 5.32 Å². The molecule has 0 saturated carbocycles. The lowest BCUT2D eigenvalue weighted by Crippen LogP contribution is -2.41. The summed E-state index contributed by atoms with van der Waals surface area (Å²) in [6.45, 7) is 5.06. The minimum absolute atomic E-state index is 0.0959. The van der Waals surface area contributed by atoms with Gasteiger partial charge in [0.05, 0.1) is 19.1 Å². The van der Waals surface area contributed by atoms with Crippen LogP contribution in [0.25, 0.3) is 0 Å². The van der Waals surface area contributed by atoms with Crippen molar-refractivity contribution < 1.29 is 14.7 Å². The molecule has 0 saturated heterocycles. The van der Waals surface area contributed by atoms with Crippen LogP contribution in [0.15, 0.2) is 0 Å². The first kappa shape index (κ1) is 12.1. The molecule has 0 aliphatic rings. The lowest BCUT2D eigenvalue weighted by molar-refractivity contribution is -0.128. The Hall–Kier alpha value is -0.900. The largest absolute Gasteiger partial charge is 0.394 e. The van der Waals surface area contributed by atoms with Crippen LogP contribution in [0, 0.1) is 5.92 Å². The molecule has 0 fully saturated rings. The van der Waals surface area contributed by atoms with E-state index in [9.17, 15) is 9.59 Å². The summed E-state index contributed by atoms with van der Waals surface area (Å²) in [5.41, 5.74) is 0. The van der Waals surface area contributed by atoms with Crippen LogP contribution in [0.3, 0.4) is 0 Å². The average Bonchev–Trinajstić information content (AvgIpc) is 1.98. The molecule has 1 unspecified atom stereocenters. The summed E-state index contributed by atoms with van der Waals surface area (Å²) in [4.78, 5) is 21.7. The predicted octanol–water partition coefficient (Wildman–Crippen LogP) is 0.0986. The van der Waals surface area contributed by atoms with Crippen LogP contribution in [-0.2, 0) is 9.59 Å². The smallest absolute Gasteiger partial charge is 0.227 e. The van der Waals surface area contributed by atoms with Gasteiger partial charge in [0.25, 0.3) is 0 Å². The number of hydrogen-bond donors (Lipinski definition) is 2. The lowest BCUT2D eigenvalue weighted by atomic mass is 10.1. The zero-order valence-electron chi connectivity index (χ0n) is 8.33. The number of ketones is 1. The van der Waals surface area contributed by atoms with E-state index in [1.165, 1.54) is 6.92 Å². The van der Waals surface area contributed by atoms with Gasteiger partial charge in [-0.15, -0.1) is 0 Å². The van der Waals surface area contributed by atoms with E-state index in [0.717, 1.165) is 0 Å². The van der Waals surface area contributed by atoms with Gasteiger partial charge in [0.15, 0.2) is 0 Å². The Bertz CT molecular complexity index is 189. The fraction of sp³-hybridized carbons (Fsp3) is 0.778. The maximum absolute atomic E-state index is 11.1. The van der Waals surface area contributed by atoms with Crippen molar-refractivity contribution in [2.24, 2.45) is 5.92 Å². The number of carbonyl (C=O) groups is 2.